The van der Waals surface area contributed by atoms with Gasteiger partial charge in [0, 0.05) is 10.9 Å². The van der Waals surface area contributed by atoms with Crippen molar-refractivity contribution >= 4 is 28.0 Å². The molecular weight excluding hydrogens is 386 g/mol. The second kappa shape index (κ2) is 7.70. The minimum Gasteiger partial charge on any atom is -0.467 e. The van der Waals surface area contributed by atoms with Gasteiger partial charge >= 0.3 is 12.1 Å². The van der Waals surface area contributed by atoms with Crippen LogP contribution in [0.5, 0.6) is 0 Å². The molecule has 2 aromatic carbocycles. The molecule has 5 nitrogen and oxygen atoms in total. The molecule has 0 bridgehead atoms. The molecular formula is C19H18BrNO4. The monoisotopic (exact) mass is 403 g/mol. The maximum atomic E-state index is 12.6. The molecule has 0 aromatic heterocycles. The number of ether oxygens (including phenoxy) is 2. The van der Waals surface area contributed by atoms with Gasteiger partial charge in [-0.3, -0.25) is 4.90 Å². The van der Waals surface area contributed by atoms with Crippen LogP contribution in [-0.2, 0) is 33.8 Å². The number of carbonyl (C=O) groups is 2. The van der Waals surface area contributed by atoms with Crippen LogP contribution in [0.4, 0.5) is 4.79 Å². The zero-order valence-electron chi connectivity index (χ0n) is 13.8. The van der Waals surface area contributed by atoms with E-state index in [1.54, 1.807) is 0 Å². The molecule has 1 unspecified atom stereocenters. The van der Waals surface area contributed by atoms with Crippen molar-refractivity contribution in [1.29, 1.82) is 0 Å². The molecule has 0 saturated carbocycles. The van der Waals surface area contributed by atoms with Gasteiger partial charge in [0.2, 0.25) is 0 Å². The van der Waals surface area contributed by atoms with Crippen molar-refractivity contribution in [2.24, 2.45) is 0 Å². The quantitative estimate of drug-likeness (QED) is 0.733. The van der Waals surface area contributed by atoms with E-state index in [1.807, 2.05) is 48.5 Å². The second-order valence-electron chi connectivity index (χ2n) is 5.82. The van der Waals surface area contributed by atoms with E-state index in [4.69, 9.17) is 9.47 Å². The van der Waals surface area contributed by atoms with Crippen molar-refractivity contribution in [3.8, 4) is 0 Å². The molecule has 1 amide bonds. The van der Waals surface area contributed by atoms with Crippen molar-refractivity contribution < 1.29 is 19.1 Å². The molecule has 2 aromatic rings. The Hall–Kier alpha value is -2.34. The topological polar surface area (TPSA) is 55.8 Å². The van der Waals surface area contributed by atoms with Crippen LogP contribution in [0.2, 0.25) is 0 Å². The standard InChI is InChI=1S/C19H18BrNO4/c1-24-18(22)17-10-14-7-8-16(20)9-15(14)11-21(17)19(23)25-12-13-5-3-2-4-6-13/h2-9,17H,10-12H2,1H3. The molecule has 1 aliphatic rings. The number of nitrogens with zero attached hydrogens (tertiary/aromatic N) is 1. The number of benzene rings is 2. The highest BCUT2D eigenvalue weighted by Gasteiger charge is 2.36. The Kier molecular flexibility index (Phi) is 5.38. The molecule has 0 N–H and O–H groups in total. The van der Waals surface area contributed by atoms with Gasteiger partial charge in [-0.15, -0.1) is 0 Å². The lowest BCUT2D eigenvalue weighted by atomic mass is 9.94. The number of carbonyl (C=O) groups excluding carboxylic acids is 2. The van der Waals surface area contributed by atoms with Crippen LogP contribution in [-0.4, -0.2) is 30.1 Å². The Bertz CT molecular complexity index is 778. The fourth-order valence-electron chi connectivity index (χ4n) is 2.89. The van der Waals surface area contributed by atoms with Crippen molar-refractivity contribution in [2.45, 2.75) is 25.6 Å². The van der Waals surface area contributed by atoms with Crippen molar-refractivity contribution in [1.82, 2.24) is 4.90 Å². The van der Waals surface area contributed by atoms with Crippen LogP contribution in [0.25, 0.3) is 0 Å². The van der Waals surface area contributed by atoms with E-state index in [-0.39, 0.29) is 6.61 Å². The average molecular weight is 404 g/mol. The Morgan fingerprint density at radius 2 is 1.92 bits per heavy atom. The van der Waals surface area contributed by atoms with Crippen LogP contribution in [0.15, 0.2) is 53.0 Å². The highest BCUT2D eigenvalue weighted by molar-refractivity contribution is 9.10. The van der Waals surface area contributed by atoms with Gasteiger partial charge in [0.1, 0.15) is 12.6 Å². The zero-order chi connectivity index (χ0) is 17.8. The summed E-state index contributed by atoms with van der Waals surface area (Å²) in [6, 6.07) is 14.6. The van der Waals surface area contributed by atoms with Crippen molar-refractivity contribution in [3.63, 3.8) is 0 Å². The first kappa shape index (κ1) is 17.5. The smallest absolute Gasteiger partial charge is 0.411 e. The zero-order valence-corrected chi connectivity index (χ0v) is 15.4. The number of fused-ring (bicyclic) bond motifs is 1. The van der Waals surface area contributed by atoms with E-state index in [1.165, 1.54) is 12.0 Å². The van der Waals surface area contributed by atoms with E-state index in [2.05, 4.69) is 15.9 Å². The lowest BCUT2D eigenvalue weighted by Gasteiger charge is -2.34. The van der Waals surface area contributed by atoms with Gasteiger partial charge < -0.3 is 9.47 Å². The summed E-state index contributed by atoms with van der Waals surface area (Å²) >= 11 is 3.44. The van der Waals surface area contributed by atoms with Crippen LogP contribution in [0, 0.1) is 0 Å². The third-order valence-electron chi connectivity index (χ3n) is 4.21. The minimum atomic E-state index is -0.679. The van der Waals surface area contributed by atoms with Crippen LogP contribution >= 0.6 is 15.9 Å². The largest absolute Gasteiger partial charge is 0.467 e. The predicted octanol–water partition coefficient (Wildman–Crippen LogP) is 3.69. The number of rotatable bonds is 3. The normalized spacial score (nSPS) is 16.1. The van der Waals surface area contributed by atoms with Crippen LogP contribution in [0.1, 0.15) is 16.7 Å². The lowest BCUT2D eigenvalue weighted by Crippen LogP contribution is -2.49. The molecule has 1 heterocycles. The molecule has 6 heteroatoms. The van der Waals surface area contributed by atoms with Gasteiger partial charge in [-0.05, 0) is 28.8 Å². The lowest BCUT2D eigenvalue weighted by molar-refractivity contribution is -0.147. The molecule has 25 heavy (non-hydrogen) atoms. The highest BCUT2D eigenvalue weighted by atomic mass is 79.9. The average Bonchev–Trinajstić information content (AvgIpc) is 2.65. The first-order valence-corrected chi connectivity index (χ1v) is 8.70. The summed E-state index contributed by atoms with van der Waals surface area (Å²) in [6.07, 6.45) is -0.111. The van der Waals surface area contributed by atoms with E-state index >= 15 is 0 Å². The first-order valence-electron chi connectivity index (χ1n) is 7.91. The number of hydrogen-bond donors (Lipinski definition) is 0. The summed E-state index contributed by atoms with van der Waals surface area (Å²) < 4.78 is 11.2. The van der Waals surface area contributed by atoms with Gasteiger partial charge in [-0.2, -0.15) is 0 Å². The van der Waals surface area contributed by atoms with E-state index < -0.39 is 18.1 Å². The minimum absolute atomic E-state index is 0.162. The molecule has 1 aliphatic heterocycles. The number of halogens is 1. The summed E-state index contributed by atoms with van der Waals surface area (Å²) in [5.41, 5.74) is 2.92. The van der Waals surface area contributed by atoms with Gasteiger partial charge in [0.25, 0.3) is 0 Å². The maximum Gasteiger partial charge on any atom is 0.411 e. The fourth-order valence-corrected chi connectivity index (χ4v) is 3.30. The third kappa shape index (κ3) is 4.02. The van der Waals surface area contributed by atoms with Gasteiger partial charge in [-0.25, -0.2) is 9.59 Å². The second-order valence-corrected chi connectivity index (χ2v) is 6.74. The van der Waals surface area contributed by atoms with Gasteiger partial charge in [0.05, 0.1) is 13.7 Å². The molecule has 1 atom stereocenters. The Balaban J connectivity index is 1.78. The molecule has 0 saturated heterocycles. The molecule has 3 rings (SSSR count). The predicted molar refractivity (Wildman–Crippen MR) is 95.8 cm³/mol. The molecule has 0 fully saturated rings. The number of esters is 1. The number of amides is 1. The summed E-state index contributed by atoms with van der Waals surface area (Å²) in [7, 11) is 1.33. The Morgan fingerprint density at radius 3 is 2.64 bits per heavy atom. The summed E-state index contributed by atoms with van der Waals surface area (Å²) in [5.74, 6) is -0.440. The number of hydrogen-bond acceptors (Lipinski definition) is 4. The summed E-state index contributed by atoms with van der Waals surface area (Å²) in [6.45, 7) is 0.470. The third-order valence-corrected chi connectivity index (χ3v) is 4.70. The summed E-state index contributed by atoms with van der Waals surface area (Å²) in [5, 5.41) is 0. The van der Waals surface area contributed by atoms with Crippen LogP contribution < -0.4 is 0 Å². The Labute approximate surface area is 154 Å². The molecule has 130 valence electrons. The van der Waals surface area contributed by atoms with E-state index in [0.717, 1.165) is 21.2 Å². The van der Waals surface area contributed by atoms with Crippen molar-refractivity contribution in [3.05, 3.63) is 69.7 Å². The molecule has 0 radical (unpaired) electrons. The van der Waals surface area contributed by atoms with Crippen LogP contribution in [0.3, 0.4) is 0 Å². The van der Waals surface area contributed by atoms with E-state index in [0.29, 0.717) is 13.0 Å². The van der Waals surface area contributed by atoms with Crippen molar-refractivity contribution in [2.75, 3.05) is 7.11 Å². The van der Waals surface area contributed by atoms with E-state index in [9.17, 15) is 9.59 Å². The Morgan fingerprint density at radius 1 is 1.16 bits per heavy atom. The molecule has 0 aliphatic carbocycles. The van der Waals surface area contributed by atoms with Gasteiger partial charge in [0.15, 0.2) is 0 Å². The molecule has 0 spiro atoms. The highest BCUT2D eigenvalue weighted by Crippen LogP contribution is 2.27. The first-order chi connectivity index (χ1) is 12.1. The van der Waals surface area contributed by atoms with Gasteiger partial charge in [-0.1, -0.05) is 52.3 Å². The fraction of sp³-hybridized carbons (Fsp3) is 0.263. The summed E-state index contributed by atoms with van der Waals surface area (Å²) in [4.78, 5) is 26.2. The SMILES string of the molecule is COC(=O)C1Cc2ccc(Br)cc2CN1C(=O)OCc1ccccc1. The number of methoxy groups -OCH3 is 1. The maximum absolute atomic E-state index is 12.6.